The molecule has 0 spiro atoms. The topological polar surface area (TPSA) is 87.0 Å². The quantitative estimate of drug-likeness (QED) is 0.606. The highest BCUT2D eigenvalue weighted by atomic mass is 31.2. The third kappa shape index (κ3) is 4.39. The van der Waals surface area contributed by atoms with Gasteiger partial charge in [0.05, 0.1) is 32.5 Å². The first-order valence-electron chi connectivity index (χ1n) is 8.83. The fraction of sp³-hybridized carbons (Fsp3) is 0.421. The Hall–Kier alpha value is -1.78. The summed E-state index contributed by atoms with van der Waals surface area (Å²) in [6, 6.07) is 13.2. The van der Waals surface area contributed by atoms with E-state index in [1.807, 2.05) is 30.3 Å². The lowest BCUT2D eigenvalue weighted by atomic mass is 9.96. The summed E-state index contributed by atoms with van der Waals surface area (Å²) in [6.45, 7) is 4.73. The van der Waals surface area contributed by atoms with Crippen LogP contribution in [0.5, 0.6) is 0 Å². The van der Waals surface area contributed by atoms with Gasteiger partial charge in [-0.1, -0.05) is 36.4 Å². The van der Waals surface area contributed by atoms with Crippen molar-refractivity contribution in [3.05, 3.63) is 47.5 Å². The molecular weight excluding hydrogens is 369 g/mol. The van der Waals surface area contributed by atoms with Gasteiger partial charge in [-0.05, 0) is 24.6 Å². The van der Waals surface area contributed by atoms with Crippen LogP contribution in [0.1, 0.15) is 37.4 Å². The Kier molecular flexibility index (Phi) is 6.61. The van der Waals surface area contributed by atoms with Gasteiger partial charge in [0.2, 0.25) is 0 Å². The first kappa shape index (κ1) is 20.0. The van der Waals surface area contributed by atoms with Crippen molar-refractivity contribution >= 4 is 18.6 Å². The minimum absolute atomic E-state index is 0.144. The molecule has 7 nitrogen and oxygen atoms in total. The Bertz CT molecular complexity index is 864. The van der Waals surface area contributed by atoms with Gasteiger partial charge >= 0.3 is 7.82 Å². The van der Waals surface area contributed by atoms with Crippen LogP contribution in [0.3, 0.4) is 0 Å². The number of nitriles is 1. The van der Waals surface area contributed by atoms with Crippen LogP contribution in [0, 0.1) is 11.3 Å². The van der Waals surface area contributed by atoms with Crippen molar-refractivity contribution in [3.8, 4) is 6.07 Å². The van der Waals surface area contributed by atoms with E-state index >= 15 is 0 Å². The number of phosphoric ester groups is 1. The zero-order valence-electron chi connectivity index (χ0n) is 15.3. The maximum Gasteiger partial charge on any atom is 0.476 e. The monoisotopic (exact) mass is 391 g/mol. The van der Waals surface area contributed by atoms with E-state index in [4.69, 9.17) is 23.0 Å². The molecule has 27 heavy (non-hydrogen) atoms. The van der Waals surface area contributed by atoms with Gasteiger partial charge in [0, 0.05) is 11.1 Å². The molecule has 0 amide bonds. The van der Waals surface area contributed by atoms with Crippen LogP contribution in [-0.2, 0) is 27.6 Å². The standard InChI is InChI=1S/C19H22NO6P/c1-3-24-27(21,25-4-2)26-18(13-20)16-9-10-17(19-22-11-12-23-19)15-8-6-5-7-14(15)16/h5-10,18-19H,3-4,11-12H2,1-2H3. The van der Waals surface area contributed by atoms with E-state index < -0.39 is 20.2 Å². The molecule has 0 bridgehead atoms. The number of fused-ring (bicyclic) bond motifs is 1. The van der Waals surface area contributed by atoms with E-state index in [-0.39, 0.29) is 13.2 Å². The summed E-state index contributed by atoms with van der Waals surface area (Å²) < 4.78 is 39.8. The summed E-state index contributed by atoms with van der Waals surface area (Å²) in [5, 5.41) is 11.3. The molecule has 0 aromatic heterocycles. The Morgan fingerprint density at radius 3 is 2.33 bits per heavy atom. The van der Waals surface area contributed by atoms with Crippen LogP contribution >= 0.6 is 7.82 Å². The molecule has 8 heteroatoms. The molecular formula is C19H22NO6P. The average molecular weight is 391 g/mol. The molecule has 1 atom stereocenters. The summed E-state index contributed by atoms with van der Waals surface area (Å²) >= 11 is 0. The van der Waals surface area contributed by atoms with Crippen molar-refractivity contribution < 1.29 is 27.6 Å². The van der Waals surface area contributed by atoms with Gasteiger partial charge in [0.15, 0.2) is 12.4 Å². The summed E-state index contributed by atoms with van der Waals surface area (Å²) in [4.78, 5) is 0. The Morgan fingerprint density at radius 2 is 1.74 bits per heavy atom. The van der Waals surface area contributed by atoms with Crippen LogP contribution in [-0.4, -0.2) is 26.4 Å². The molecule has 3 rings (SSSR count). The van der Waals surface area contributed by atoms with Gasteiger partial charge in [0.1, 0.15) is 0 Å². The third-order valence-electron chi connectivity index (χ3n) is 4.08. The van der Waals surface area contributed by atoms with Crippen molar-refractivity contribution in [3.63, 3.8) is 0 Å². The van der Waals surface area contributed by atoms with Gasteiger partial charge in [0.25, 0.3) is 0 Å². The highest BCUT2D eigenvalue weighted by Gasteiger charge is 2.32. The van der Waals surface area contributed by atoms with Crippen molar-refractivity contribution in [1.82, 2.24) is 0 Å². The number of ether oxygens (including phenoxy) is 2. The van der Waals surface area contributed by atoms with E-state index in [1.54, 1.807) is 19.9 Å². The second-order valence-electron chi connectivity index (χ2n) is 5.76. The highest BCUT2D eigenvalue weighted by molar-refractivity contribution is 7.48. The summed E-state index contributed by atoms with van der Waals surface area (Å²) in [7, 11) is -3.84. The number of rotatable bonds is 8. The molecule has 2 aromatic rings. The summed E-state index contributed by atoms with van der Waals surface area (Å²) in [5.41, 5.74) is 1.45. The SMILES string of the molecule is CCOP(=O)(OCC)OC(C#N)c1ccc(C2OCCO2)c2ccccc12. The van der Waals surface area contributed by atoms with Gasteiger partial charge < -0.3 is 9.47 Å². The van der Waals surface area contributed by atoms with E-state index in [9.17, 15) is 9.83 Å². The molecule has 1 aliphatic rings. The lowest BCUT2D eigenvalue weighted by Crippen LogP contribution is -2.07. The molecule has 0 saturated carbocycles. The number of phosphoric acid groups is 1. The third-order valence-corrected chi connectivity index (χ3v) is 5.69. The molecule has 1 aliphatic heterocycles. The first-order chi connectivity index (χ1) is 13.1. The second-order valence-corrected chi connectivity index (χ2v) is 7.38. The average Bonchev–Trinajstić information content (AvgIpc) is 3.20. The zero-order valence-corrected chi connectivity index (χ0v) is 16.2. The van der Waals surface area contributed by atoms with Gasteiger partial charge in [-0.3, -0.25) is 13.6 Å². The second kappa shape index (κ2) is 8.94. The van der Waals surface area contributed by atoms with Gasteiger partial charge in [-0.15, -0.1) is 0 Å². The minimum Gasteiger partial charge on any atom is -0.346 e. The maximum atomic E-state index is 12.7. The maximum absolute atomic E-state index is 12.7. The smallest absolute Gasteiger partial charge is 0.346 e. The van der Waals surface area contributed by atoms with E-state index in [0.717, 1.165) is 16.3 Å². The zero-order chi connectivity index (χ0) is 19.3. The van der Waals surface area contributed by atoms with Crippen molar-refractivity contribution in [2.45, 2.75) is 26.2 Å². The van der Waals surface area contributed by atoms with Crippen molar-refractivity contribution in [2.75, 3.05) is 26.4 Å². The van der Waals surface area contributed by atoms with Crippen LogP contribution in [0.15, 0.2) is 36.4 Å². The highest BCUT2D eigenvalue weighted by Crippen LogP contribution is 2.53. The molecule has 1 saturated heterocycles. The normalized spacial score (nSPS) is 16.5. The van der Waals surface area contributed by atoms with Gasteiger partial charge in [-0.25, -0.2) is 4.57 Å². The fourth-order valence-corrected chi connectivity index (χ4v) is 4.26. The molecule has 1 heterocycles. The van der Waals surface area contributed by atoms with Crippen LogP contribution in [0.25, 0.3) is 10.8 Å². The minimum atomic E-state index is -3.84. The number of nitrogens with zero attached hydrogens (tertiary/aromatic N) is 1. The van der Waals surface area contributed by atoms with E-state index in [1.165, 1.54) is 0 Å². The molecule has 0 radical (unpaired) electrons. The molecule has 144 valence electrons. The first-order valence-corrected chi connectivity index (χ1v) is 10.3. The summed E-state index contributed by atoms with van der Waals surface area (Å²) in [6.07, 6.45) is -1.55. The number of hydrogen-bond donors (Lipinski definition) is 0. The predicted molar refractivity (Wildman–Crippen MR) is 98.9 cm³/mol. The molecule has 0 N–H and O–H groups in total. The molecule has 1 fully saturated rings. The Labute approximate surface area is 158 Å². The van der Waals surface area contributed by atoms with Crippen LogP contribution < -0.4 is 0 Å². The lowest BCUT2D eigenvalue weighted by Gasteiger charge is -2.21. The van der Waals surface area contributed by atoms with Crippen LogP contribution in [0.4, 0.5) is 0 Å². The number of hydrogen-bond acceptors (Lipinski definition) is 7. The summed E-state index contributed by atoms with van der Waals surface area (Å²) in [5.74, 6) is 0. The lowest BCUT2D eigenvalue weighted by molar-refractivity contribution is -0.0430. The van der Waals surface area contributed by atoms with E-state index in [0.29, 0.717) is 18.8 Å². The van der Waals surface area contributed by atoms with Crippen molar-refractivity contribution in [1.29, 1.82) is 5.26 Å². The predicted octanol–water partition coefficient (Wildman–Crippen LogP) is 4.65. The largest absolute Gasteiger partial charge is 0.476 e. The Morgan fingerprint density at radius 1 is 1.11 bits per heavy atom. The van der Waals surface area contributed by atoms with Gasteiger partial charge in [-0.2, -0.15) is 5.26 Å². The Balaban J connectivity index is 2.01. The molecule has 2 aromatic carbocycles. The van der Waals surface area contributed by atoms with E-state index in [2.05, 4.69) is 6.07 Å². The molecule has 1 unspecified atom stereocenters. The van der Waals surface area contributed by atoms with Crippen LogP contribution in [0.2, 0.25) is 0 Å². The fourth-order valence-electron chi connectivity index (χ4n) is 3.01. The van der Waals surface area contributed by atoms with Crippen molar-refractivity contribution in [2.24, 2.45) is 0 Å². The molecule has 0 aliphatic carbocycles. The number of benzene rings is 2.